The topological polar surface area (TPSA) is 78.3 Å². The molecule has 0 bridgehead atoms. The van der Waals surface area contributed by atoms with Crippen LogP contribution in [-0.2, 0) is 19.1 Å². The summed E-state index contributed by atoms with van der Waals surface area (Å²) >= 11 is 0. The lowest BCUT2D eigenvalue weighted by molar-refractivity contribution is -0.151. The highest BCUT2D eigenvalue weighted by atomic mass is 19.1. The zero-order chi connectivity index (χ0) is 19.7. The molecule has 1 unspecified atom stereocenters. The summed E-state index contributed by atoms with van der Waals surface area (Å²) in [6.45, 7) is 5.05. The van der Waals surface area contributed by atoms with Crippen LogP contribution in [0.25, 0.3) is 11.8 Å². The van der Waals surface area contributed by atoms with Crippen molar-refractivity contribution in [3.05, 3.63) is 64.9 Å². The first-order valence-electron chi connectivity index (χ1n) is 8.26. The van der Waals surface area contributed by atoms with E-state index in [9.17, 15) is 18.8 Å². The Morgan fingerprint density at radius 2 is 1.85 bits per heavy atom. The highest BCUT2D eigenvalue weighted by molar-refractivity contribution is 6.25. The second-order valence-electron chi connectivity index (χ2n) is 6.22. The minimum Gasteiger partial charge on any atom is -0.430 e. The average Bonchev–Trinajstić information content (AvgIpc) is 2.87. The number of hydrogen-bond donors (Lipinski definition) is 0. The van der Waals surface area contributed by atoms with Crippen LogP contribution in [0.5, 0.6) is 0 Å². The monoisotopic (exact) mass is 368 g/mol. The summed E-state index contributed by atoms with van der Waals surface area (Å²) in [6, 6.07) is 5.86. The molecular formula is C20H17FN2O4. The molecule has 0 spiro atoms. The van der Waals surface area contributed by atoms with E-state index < -0.39 is 23.5 Å². The maximum absolute atomic E-state index is 13.1. The van der Waals surface area contributed by atoms with Crippen molar-refractivity contribution in [2.75, 3.05) is 0 Å². The molecule has 7 heteroatoms. The smallest absolute Gasteiger partial charge is 0.329 e. The molecule has 0 aliphatic carbocycles. The third-order valence-electron chi connectivity index (χ3n) is 4.24. The number of aromatic nitrogens is 2. The number of nitrogens with zero attached hydrogens (tertiary/aromatic N) is 2. The number of allylic oxidation sites excluding steroid dienone is 3. The summed E-state index contributed by atoms with van der Waals surface area (Å²) in [5.74, 6) is -3.76. The zero-order valence-corrected chi connectivity index (χ0v) is 15.0. The number of hydrogen-bond acceptors (Lipinski definition) is 5. The highest BCUT2D eigenvalue weighted by Crippen LogP contribution is 2.21. The van der Waals surface area contributed by atoms with E-state index in [4.69, 9.17) is 4.74 Å². The molecule has 0 N–H and O–H groups in total. The van der Waals surface area contributed by atoms with Gasteiger partial charge in [-0.25, -0.2) is 9.07 Å². The van der Waals surface area contributed by atoms with Gasteiger partial charge in [0.05, 0.1) is 11.4 Å². The van der Waals surface area contributed by atoms with Gasteiger partial charge in [-0.2, -0.15) is 5.10 Å². The summed E-state index contributed by atoms with van der Waals surface area (Å²) in [5.41, 5.74) is 2.73. The van der Waals surface area contributed by atoms with Crippen molar-refractivity contribution in [1.29, 1.82) is 0 Å². The molecule has 138 valence electrons. The second-order valence-corrected chi connectivity index (χ2v) is 6.22. The zero-order valence-electron chi connectivity index (χ0n) is 15.0. The van der Waals surface area contributed by atoms with Gasteiger partial charge in [0, 0.05) is 17.3 Å². The van der Waals surface area contributed by atoms with Crippen molar-refractivity contribution >= 4 is 23.6 Å². The first-order chi connectivity index (χ1) is 12.8. The summed E-state index contributed by atoms with van der Waals surface area (Å²) in [7, 11) is 0. The van der Waals surface area contributed by atoms with Crippen molar-refractivity contribution in [2.45, 2.75) is 20.8 Å². The third kappa shape index (κ3) is 3.62. The summed E-state index contributed by atoms with van der Waals surface area (Å²) in [6.07, 6.45) is 3.84. The van der Waals surface area contributed by atoms with E-state index in [1.807, 2.05) is 0 Å². The molecule has 3 rings (SSSR count). The number of carbonyl (C=O) groups excluding carboxylic acids is 3. The Bertz CT molecular complexity index is 1000. The highest BCUT2D eigenvalue weighted by Gasteiger charge is 2.36. The Balaban J connectivity index is 1.87. The maximum atomic E-state index is 13.1. The van der Waals surface area contributed by atoms with Crippen LogP contribution in [-0.4, -0.2) is 27.3 Å². The first-order valence-corrected chi connectivity index (χ1v) is 8.26. The van der Waals surface area contributed by atoms with Crippen LogP contribution in [0, 0.1) is 25.6 Å². The fourth-order valence-corrected chi connectivity index (χ4v) is 2.89. The number of carbonyl (C=O) groups is 3. The van der Waals surface area contributed by atoms with Gasteiger partial charge in [-0.1, -0.05) is 0 Å². The van der Waals surface area contributed by atoms with Gasteiger partial charge in [0.25, 0.3) is 0 Å². The molecule has 27 heavy (non-hydrogen) atoms. The molecule has 2 aromatic rings. The number of esters is 1. The SMILES string of the molecule is CC1=CC(=O)C(C(=O)C=Cc2c(C)nn(-c3ccc(F)cc3)c2C)C(=O)O1. The normalized spacial score (nSPS) is 17.2. The van der Waals surface area contributed by atoms with Crippen LogP contribution in [0.4, 0.5) is 4.39 Å². The van der Waals surface area contributed by atoms with Gasteiger partial charge in [-0.15, -0.1) is 0 Å². The standard InChI is InChI=1S/C20H17FN2O4/c1-11-10-18(25)19(20(26)27-11)17(24)9-8-16-12(2)22-23(13(16)3)15-6-4-14(21)5-7-15/h4-10,19H,1-3H3. The molecule has 1 aromatic heterocycles. The second kappa shape index (κ2) is 7.11. The minimum absolute atomic E-state index is 0.172. The van der Waals surface area contributed by atoms with Gasteiger partial charge in [-0.05, 0) is 57.2 Å². The first kappa shape index (κ1) is 18.4. The maximum Gasteiger partial charge on any atom is 0.329 e. The van der Waals surface area contributed by atoms with Gasteiger partial charge in [-0.3, -0.25) is 14.4 Å². The Morgan fingerprint density at radius 1 is 1.19 bits per heavy atom. The molecule has 0 radical (unpaired) electrons. The minimum atomic E-state index is -1.47. The quantitative estimate of drug-likeness (QED) is 0.471. The lowest BCUT2D eigenvalue weighted by Crippen LogP contribution is -2.34. The van der Waals surface area contributed by atoms with Gasteiger partial charge >= 0.3 is 5.97 Å². The predicted molar refractivity (Wildman–Crippen MR) is 95.4 cm³/mol. The average molecular weight is 368 g/mol. The molecule has 1 aliphatic rings. The fraction of sp³-hybridized carbons (Fsp3) is 0.200. The van der Waals surface area contributed by atoms with E-state index in [0.717, 1.165) is 11.8 Å². The molecule has 1 atom stereocenters. The molecule has 6 nitrogen and oxygen atoms in total. The van der Waals surface area contributed by atoms with Crippen LogP contribution in [0.1, 0.15) is 23.9 Å². The Morgan fingerprint density at radius 3 is 2.48 bits per heavy atom. The van der Waals surface area contributed by atoms with Crippen molar-refractivity contribution < 1.29 is 23.5 Å². The number of ether oxygens (including phenoxy) is 1. The molecule has 0 fully saturated rings. The number of halogens is 1. The Hall–Kier alpha value is -3.35. The Kier molecular flexibility index (Phi) is 4.85. The number of benzene rings is 1. The van der Waals surface area contributed by atoms with Crippen LogP contribution >= 0.6 is 0 Å². The summed E-state index contributed by atoms with van der Waals surface area (Å²) < 4.78 is 19.6. The summed E-state index contributed by atoms with van der Waals surface area (Å²) in [5, 5.41) is 4.40. The lowest BCUT2D eigenvalue weighted by Gasteiger charge is -2.15. The van der Waals surface area contributed by atoms with Crippen molar-refractivity contribution in [3.8, 4) is 5.69 Å². The molecule has 1 aliphatic heterocycles. The van der Waals surface area contributed by atoms with Gasteiger partial charge in [0.1, 0.15) is 11.6 Å². The van der Waals surface area contributed by atoms with E-state index in [1.54, 1.807) is 30.7 Å². The van der Waals surface area contributed by atoms with Gasteiger partial charge in [0.15, 0.2) is 17.5 Å². The Labute approximate surface area is 154 Å². The van der Waals surface area contributed by atoms with Crippen molar-refractivity contribution in [2.24, 2.45) is 5.92 Å². The van der Waals surface area contributed by atoms with E-state index in [1.165, 1.54) is 31.2 Å². The van der Waals surface area contributed by atoms with E-state index in [-0.39, 0.29) is 11.6 Å². The van der Waals surface area contributed by atoms with Crippen molar-refractivity contribution in [1.82, 2.24) is 9.78 Å². The van der Waals surface area contributed by atoms with E-state index in [2.05, 4.69) is 5.10 Å². The van der Waals surface area contributed by atoms with Crippen LogP contribution in [0.2, 0.25) is 0 Å². The molecule has 0 saturated heterocycles. The van der Waals surface area contributed by atoms with E-state index in [0.29, 0.717) is 16.9 Å². The number of rotatable bonds is 4. The number of cyclic esters (lactones) is 1. The molecule has 0 amide bonds. The van der Waals surface area contributed by atoms with Gasteiger partial charge in [0.2, 0.25) is 0 Å². The van der Waals surface area contributed by atoms with E-state index >= 15 is 0 Å². The predicted octanol–water partition coefficient (Wildman–Crippen LogP) is 2.86. The van der Waals surface area contributed by atoms with Gasteiger partial charge < -0.3 is 4.74 Å². The van der Waals surface area contributed by atoms with Crippen molar-refractivity contribution in [3.63, 3.8) is 0 Å². The largest absolute Gasteiger partial charge is 0.430 e. The molecule has 2 heterocycles. The molecule has 0 saturated carbocycles. The fourth-order valence-electron chi connectivity index (χ4n) is 2.89. The van der Waals surface area contributed by atoms with Crippen LogP contribution in [0.15, 0.2) is 42.2 Å². The third-order valence-corrected chi connectivity index (χ3v) is 4.24. The van der Waals surface area contributed by atoms with Crippen LogP contribution in [0.3, 0.4) is 0 Å². The number of aryl methyl sites for hydroxylation is 1. The summed E-state index contributed by atoms with van der Waals surface area (Å²) in [4.78, 5) is 36.1. The van der Waals surface area contributed by atoms with Crippen LogP contribution < -0.4 is 0 Å². The molecular weight excluding hydrogens is 351 g/mol. The lowest BCUT2D eigenvalue weighted by atomic mass is 9.95. The number of ketones is 2. The molecule has 1 aromatic carbocycles.